The highest BCUT2D eigenvalue weighted by Gasteiger charge is 2.12. The van der Waals surface area contributed by atoms with E-state index in [1.807, 2.05) is 6.08 Å². The monoisotopic (exact) mass is 188 g/mol. The number of rotatable bonds is 0. The Labute approximate surface area is 85.1 Å². The largest absolute Gasteiger partial charge is 0.389 e. The van der Waals surface area contributed by atoms with Crippen LogP contribution in [0, 0.1) is 13.8 Å². The standard InChI is InChI=1S/C13H16O/c1-9-3-4-10(2)13-8-6-11(14)5-7-12(9)13/h3-5,7,11,14H,6,8H2,1-2H3. The van der Waals surface area contributed by atoms with Gasteiger partial charge in [0.05, 0.1) is 6.10 Å². The van der Waals surface area contributed by atoms with Crippen molar-refractivity contribution in [3.8, 4) is 0 Å². The van der Waals surface area contributed by atoms with Crippen LogP contribution in [-0.4, -0.2) is 11.2 Å². The Balaban J connectivity index is 2.55. The van der Waals surface area contributed by atoms with Crippen LogP contribution in [0.1, 0.15) is 28.7 Å². The summed E-state index contributed by atoms with van der Waals surface area (Å²) in [6.07, 6.45) is 5.51. The third-order valence-electron chi connectivity index (χ3n) is 2.98. The normalized spacial score (nSPS) is 20.4. The minimum atomic E-state index is -0.277. The van der Waals surface area contributed by atoms with Gasteiger partial charge in [0, 0.05) is 0 Å². The molecule has 0 amide bonds. The van der Waals surface area contributed by atoms with Gasteiger partial charge in [-0.15, -0.1) is 0 Å². The molecule has 0 spiro atoms. The van der Waals surface area contributed by atoms with E-state index < -0.39 is 0 Å². The molecule has 0 fully saturated rings. The molecular weight excluding hydrogens is 172 g/mol. The molecule has 74 valence electrons. The average molecular weight is 188 g/mol. The summed E-state index contributed by atoms with van der Waals surface area (Å²) in [6.45, 7) is 4.27. The zero-order chi connectivity index (χ0) is 10.1. The Bertz CT molecular complexity index is 377. The van der Waals surface area contributed by atoms with Crippen molar-refractivity contribution in [2.24, 2.45) is 0 Å². The van der Waals surface area contributed by atoms with E-state index in [0.717, 1.165) is 12.8 Å². The lowest BCUT2D eigenvalue weighted by molar-refractivity contribution is 0.214. The summed E-state index contributed by atoms with van der Waals surface area (Å²) in [6, 6.07) is 4.32. The number of aryl methyl sites for hydroxylation is 2. The first-order valence-electron chi connectivity index (χ1n) is 5.14. The molecule has 1 unspecified atom stereocenters. The highest BCUT2D eigenvalue weighted by molar-refractivity contribution is 5.61. The average Bonchev–Trinajstić information content (AvgIpc) is 2.35. The molecule has 1 aromatic rings. The Hall–Kier alpha value is -1.08. The van der Waals surface area contributed by atoms with Gasteiger partial charge in [-0.1, -0.05) is 24.3 Å². The highest BCUT2D eigenvalue weighted by atomic mass is 16.3. The van der Waals surface area contributed by atoms with Gasteiger partial charge >= 0.3 is 0 Å². The Morgan fingerprint density at radius 3 is 2.71 bits per heavy atom. The fourth-order valence-electron chi connectivity index (χ4n) is 2.05. The quantitative estimate of drug-likeness (QED) is 0.663. The van der Waals surface area contributed by atoms with Gasteiger partial charge in [-0.25, -0.2) is 0 Å². The van der Waals surface area contributed by atoms with Gasteiger partial charge < -0.3 is 5.11 Å². The van der Waals surface area contributed by atoms with Gasteiger partial charge in [-0.05, 0) is 48.9 Å². The van der Waals surface area contributed by atoms with Crippen LogP contribution in [0.15, 0.2) is 18.2 Å². The van der Waals surface area contributed by atoms with E-state index in [9.17, 15) is 5.11 Å². The van der Waals surface area contributed by atoms with Gasteiger partial charge in [0.15, 0.2) is 0 Å². The number of aliphatic hydroxyl groups is 1. The van der Waals surface area contributed by atoms with Gasteiger partial charge in [0.25, 0.3) is 0 Å². The van der Waals surface area contributed by atoms with Crippen LogP contribution in [0.2, 0.25) is 0 Å². The molecule has 0 saturated carbocycles. The Morgan fingerprint density at radius 2 is 1.93 bits per heavy atom. The lowest BCUT2D eigenvalue weighted by atomic mass is 9.95. The number of aliphatic hydroxyl groups excluding tert-OH is 1. The zero-order valence-corrected chi connectivity index (χ0v) is 8.75. The second kappa shape index (κ2) is 3.58. The zero-order valence-electron chi connectivity index (χ0n) is 8.75. The molecule has 1 aliphatic rings. The maximum Gasteiger partial charge on any atom is 0.0727 e. The minimum Gasteiger partial charge on any atom is -0.389 e. The molecule has 1 nitrogen and oxygen atoms in total. The molecule has 2 rings (SSSR count). The van der Waals surface area contributed by atoms with Crippen LogP contribution < -0.4 is 0 Å². The van der Waals surface area contributed by atoms with Gasteiger partial charge in [-0.3, -0.25) is 0 Å². The lowest BCUT2D eigenvalue weighted by Crippen LogP contribution is -2.02. The van der Waals surface area contributed by atoms with Crippen molar-refractivity contribution in [2.45, 2.75) is 32.8 Å². The molecule has 0 bridgehead atoms. The first kappa shape index (κ1) is 9.47. The minimum absolute atomic E-state index is 0.277. The first-order chi connectivity index (χ1) is 6.68. The molecule has 1 aliphatic carbocycles. The lowest BCUT2D eigenvalue weighted by Gasteiger charge is -2.10. The SMILES string of the molecule is Cc1ccc(C)c2c1C=CC(O)CC2. The molecule has 1 aromatic carbocycles. The molecule has 1 atom stereocenters. The maximum absolute atomic E-state index is 9.56. The number of fused-ring (bicyclic) bond motifs is 1. The molecular formula is C13H16O. The van der Waals surface area contributed by atoms with Crippen LogP contribution >= 0.6 is 0 Å². The van der Waals surface area contributed by atoms with E-state index in [4.69, 9.17) is 0 Å². The maximum atomic E-state index is 9.56. The molecule has 0 radical (unpaired) electrons. The topological polar surface area (TPSA) is 20.2 Å². The molecule has 1 heteroatoms. The molecule has 0 aliphatic heterocycles. The fourth-order valence-corrected chi connectivity index (χ4v) is 2.05. The molecule has 0 saturated heterocycles. The third-order valence-corrected chi connectivity index (χ3v) is 2.98. The van der Waals surface area contributed by atoms with E-state index in [1.165, 1.54) is 22.3 Å². The number of benzene rings is 1. The van der Waals surface area contributed by atoms with E-state index in [-0.39, 0.29) is 6.10 Å². The number of hydrogen-bond donors (Lipinski definition) is 1. The summed E-state index contributed by atoms with van der Waals surface area (Å²) in [5.74, 6) is 0. The van der Waals surface area contributed by atoms with Crippen molar-refractivity contribution in [1.82, 2.24) is 0 Å². The van der Waals surface area contributed by atoms with Gasteiger partial charge in [-0.2, -0.15) is 0 Å². The Kier molecular flexibility index (Phi) is 2.42. The van der Waals surface area contributed by atoms with Crippen molar-refractivity contribution in [1.29, 1.82) is 0 Å². The van der Waals surface area contributed by atoms with Crippen LogP contribution in [0.4, 0.5) is 0 Å². The van der Waals surface area contributed by atoms with Crippen LogP contribution in [0.5, 0.6) is 0 Å². The Morgan fingerprint density at radius 1 is 1.21 bits per heavy atom. The van der Waals surface area contributed by atoms with Crippen LogP contribution in [-0.2, 0) is 6.42 Å². The van der Waals surface area contributed by atoms with E-state index in [2.05, 4.69) is 32.1 Å². The van der Waals surface area contributed by atoms with E-state index in [0.29, 0.717) is 0 Å². The predicted molar refractivity (Wildman–Crippen MR) is 59.3 cm³/mol. The smallest absolute Gasteiger partial charge is 0.0727 e. The van der Waals surface area contributed by atoms with Gasteiger partial charge in [0.1, 0.15) is 0 Å². The van der Waals surface area contributed by atoms with E-state index in [1.54, 1.807) is 0 Å². The molecule has 0 aromatic heterocycles. The highest BCUT2D eigenvalue weighted by Crippen LogP contribution is 2.25. The van der Waals surface area contributed by atoms with Crippen molar-refractivity contribution in [3.63, 3.8) is 0 Å². The third kappa shape index (κ3) is 1.60. The second-order valence-corrected chi connectivity index (χ2v) is 4.06. The summed E-state index contributed by atoms with van der Waals surface area (Å²) >= 11 is 0. The second-order valence-electron chi connectivity index (χ2n) is 4.06. The summed E-state index contributed by atoms with van der Waals surface area (Å²) in [4.78, 5) is 0. The van der Waals surface area contributed by atoms with Crippen LogP contribution in [0.3, 0.4) is 0 Å². The first-order valence-corrected chi connectivity index (χ1v) is 5.14. The predicted octanol–water partition coefficient (Wildman–Crippen LogP) is 2.62. The van der Waals surface area contributed by atoms with Gasteiger partial charge in [0.2, 0.25) is 0 Å². The molecule has 1 N–H and O–H groups in total. The fraction of sp³-hybridized carbons (Fsp3) is 0.385. The molecule has 0 heterocycles. The van der Waals surface area contributed by atoms with Crippen molar-refractivity contribution in [2.75, 3.05) is 0 Å². The summed E-state index contributed by atoms with van der Waals surface area (Å²) in [7, 11) is 0. The summed E-state index contributed by atoms with van der Waals surface area (Å²) < 4.78 is 0. The number of hydrogen-bond acceptors (Lipinski definition) is 1. The summed E-state index contributed by atoms with van der Waals surface area (Å²) in [5.41, 5.74) is 5.35. The van der Waals surface area contributed by atoms with Crippen molar-refractivity contribution >= 4 is 6.08 Å². The van der Waals surface area contributed by atoms with E-state index >= 15 is 0 Å². The van der Waals surface area contributed by atoms with Crippen molar-refractivity contribution < 1.29 is 5.11 Å². The van der Waals surface area contributed by atoms with Crippen LogP contribution in [0.25, 0.3) is 6.08 Å². The van der Waals surface area contributed by atoms with Crippen molar-refractivity contribution in [3.05, 3.63) is 40.5 Å². The summed E-state index contributed by atoms with van der Waals surface area (Å²) in [5, 5.41) is 9.56. The molecule has 14 heavy (non-hydrogen) atoms.